The van der Waals surface area contributed by atoms with Gasteiger partial charge in [-0.05, 0) is 31.4 Å². The number of aromatic nitrogens is 2. The topological polar surface area (TPSA) is 75.2 Å². The van der Waals surface area contributed by atoms with Gasteiger partial charge in [-0.3, -0.25) is 9.59 Å². The van der Waals surface area contributed by atoms with Crippen LogP contribution < -0.4 is 10.2 Å². The fourth-order valence-corrected chi connectivity index (χ4v) is 5.14. The number of anilines is 2. The number of carbonyl (C=O) groups excluding carboxylic acids is 2. The quantitative estimate of drug-likeness (QED) is 0.748. The third kappa shape index (κ3) is 5.01. The third-order valence-corrected chi connectivity index (χ3v) is 7.01. The zero-order valence-electron chi connectivity index (χ0n) is 16.9. The minimum Gasteiger partial charge on any atom is -0.312 e. The second kappa shape index (κ2) is 9.03. The standard InChI is InChI=1S/C22H28N4O2S/c1-15-7-10-18(11-8-15)26-14-17(13-20(26)28)21-24-25-22(29-21)23-19(27)12-9-16-5-3-2-4-6-16/h7-8,10-11,16-17H,2-6,9,12-14H2,1H3,(H,23,25,27)/t17-/m0/s1. The van der Waals surface area contributed by atoms with Crippen LogP contribution in [0.1, 0.15) is 67.9 Å². The Labute approximate surface area is 175 Å². The van der Waals surface area contributed by atoms with Crippen molar-refractivity contribution in [2.24, 2.45) is 5.92 Å². The molecule has 2 aliphatic rings. The van der Waals surface area contributed by atoms with Gasteiger partial charge in [-0.25, -0.2) is 0 Å². The molecular weight excluding hydrogens is 384 g/mol. The summed E-state index contributed by atoms with van der Waals surface area (Å²) in [4.78, 5) is 26.6. The van der Waals surface area contributed by atoms with Gasteiger partial charge in [0.25, 0.3) is 0 Å². The van der Waals surface area contributed by atoms with Crippen LogP contribution in [0.3, 0.4) is 0 Å². The SMILES string of the molecule is Cc1ccc(N2C[C@@H](c3nnc(NC(=O)CCC4CCCCC4)s3)CC2=O)cc1. The molecule has 1 aliphatic carbocycles. The Balaban J connectivity index is 1.31. The molecule has 1 aromatic carbocycles. The van der Waals surface area contributed by atoms with E-state index in [9.17, 15) is 9.59 Å². The van der Waals surface area contributed by atoms with E-state index >= 15 is 0 Å². The molecule has 7 heteroatoms. The van der Waals surface area contributed by atoms with Gasteiger partial charge in [0.15, 0.2) is 0 Å². The van der Waals surface area contributed by atoms with Gasteiger partial charge in [0, 0.05) is 31.0 Å². The number of aryl methyl sites for hydroxylation is 1. The molecule has 1 saturated carbocycles. The highest BCUT2D eigenvalue weighted by Gasteiger charge is 2.34. The molecule has 4 rings (SSSR count). The number of amides is 2. The molecule has 0 spiro atoms. The maximum Gasteiger partial charge on any atom is 0.227 e. The highest BCUT2D eigenvalue weighted by atomic mass is 32.1. The van der Waals surface area contributed by atoms with Crippen molar-refractivity contribution in [2.75, 3.05) is 16.8 Å². The van der Waals surface area contributed by atoms with Crippen molar-refractivity contribution in [3.63, 3.8) is 0 Å². The van der Waals surface area contributed by atoms with Crippen molar-refractivity contribution in [1.82, 2.24) is 10.2 Å². The van der Waals surface area contributed by atoms with Gasteiger partial charge in [0.05, 0.1) is 0 Å². The van der Waals surface area contributed by atoms with E-state index in [1.54, 1.807) is 0 Å². The predicted molar refractivity (Wildman–Crippen MR) is 115 cm³/mol. The van der Waals surface area contributed by atoms with Crippen LogP contribution in [0.5, 0.6) is 0 Å². The Bertz CT molecular complexity index is 858. The van der Waals surface area contributed by atoms with Crippen molar-refractivity contribution in [1.29, 1.82) is 0 Å². The summed E-state index contributed by atoms with van der Waals surface area (Å²) >= 11 is 1.39. The molecule has 2 heterocycles. The smallest absolute Gasteiger partial charge is 0.227 e. The molecule has 2 amide bonds. The van der Waals surface area contributed by atoms with E-state index in [2.05, 4.69) is 15.5 Å². The Morgan fingerprint density at radius 3 is 2.69 bits per heavy atom. The summed E-state index contributed by atoms with van der Waals surface area (Å²) in [5, 5.41) is 12.6. The first-order chi connectivity index (χ1) is 14.1. The van der Waals surface area contributed by atoms with Crippen LogP contribution in [-0.2, 0) is 9.59 Å². The zero-order valence-corrected chi connectivity index (χ0v) is 17.7. The lowest BCUT2D eigenvalue weighted by Gasteiger charge is -2.20. The largest absolute Gasteiger partial charge is 0.312 e. The van der Waals surface area contributed by atoms with Crippen molar-refractivity contribution < 1.29 is 9.59 Å². The molecule has 0 bridgehead atoms. The summed E-state index contributed by atoms with van der Waals surface area (Å²) in [6.45, 7) is 2.64. The third-order valence-electron chi connectivity index (χ3n) is 6.01. The number of carbonyl (C=O) groups is 2. The van der Waals surface area contributed by atoms with Crippen LogP contribution in [0.4, 0.5) is 10.8 Å². The van der Waals surface area contributed by atoms with Crippen molar-refractivity contribution in [3.8, 4) is 0 Å². The molecule has 1 saturated heterocycles. The Kier molecular flexibility index (Phi) is 6.23. The second-order valence-corrected chi connectivity index (χ2v) is 9.29. The number of nitrogens with zero attached hydrogens (tertiary/aromatic N) is 3. The van der Waals surface area contributed by atoms with E-state index in [1.165, 1.54) is 49.0 Å². The average Bonchev–Trinajstić information content (AvgIpc) is 3.34. The van der Waals surface area contributed by atoms with Crippen LogP contribution in [-0.4, -0.2) is 28.6 Å². The molecule has 2 aromatic rings. The molecule has 6 nitrogen and oxygen atoms in total. The lowest BCUT2D eigenvalue weighted by atomic mass is 9.86. The first-order valence-corrected chi connectivity index (χ1v) is 11.4. The van der Waals surface area contributed by atoms with Crippen LogP contribution >= 0.6 is 11.3 Å². The number of nitrogens with one attached hydrogen (secondary N) is 1. The molecule has 0 unspecified atom stereocenters. The number of rotatable bonds is 6. The summed E-state index contributed by atoms with van der Waals surface area (Å²) in [6, 6.07) is 7.99. The second-order valence-electron chi connectivity index (χ2n) is 8.28. The Morgan fingerprint density at radius 1 is 1.17 bits per heavy atom. The fraction of sp³-hybridized carbons (Fsp3) is 0.545. The number of hydrogen-bond donors (Lipinski definition) is 1. The number of benzene rings is 1. The minimum absolute atomic E-state index is 0.0158. The van der Waals surface area contributed by atoms with E-state index < -0.39 is 0 Å². The average molecular weight is 413 g/mol. The summed E-state index contributed by atoms with van der Waals surface area (Å²) in [7, 11) is 0. The van der Waals surface area contributed by atoms with Gasteiger partial charge >= 0.3 is 0 Å². The van der Waals surface area contributed by atoms with Crippen molar-refractivity contribution >= 4 is 34.0 Å². The van der Waals surface area contributed by atoms with Crippen LogP contribution in [0.25, 0.3) is 0 Å². The molecule has 154 valence electrons. The monoisotopic (exact) mass is 412 g/mol. The van der Waals surface area contributed by atoms with Gasteiger partial charge in [-0.1, -0.05) is 61.1 Å². The maximum atomic E-state index is 12.5. The Hall–Kier alpha value is -2.28. The molecule has 1 atom stereocenters. The Morgan fingerprint density at radius 2 is 1.93 bits per heavy atom. The predicted octanol–water partition coefficient (Wildman–Crippen LogP) is 4.67. The van der Waals surface area contributed by atoms with E-state index in [0.717, 1.165) is 17.1 Å². The van der Waals surface area contributed by atoms with Crippen LogP contribution in [0, 0.1) is 12.8 Å². The normalized spacial score (nSPS) is 20.2. The highest BCUT2D eigenvalue weighted by Crippen LogP contribution is 2.34. The fourth-order valence-electron chi connectivity index (χ4n) is 4.29. The molecule has 1 aliphatic heterocycles. The van der Waals surface area contributed by atoms with E-state index in [4.69, 9.17) is 0 Å². The summed E-state index contributed by atoms with van der Waals surface area (Å²) < 4.78 is 0. The van der Waals surface area contributed by atoms with Crippen molar-refractivity contribution in [3.05, 3.63) is 34.8 Å². The van der Waals surface area contributed by atoms with Crippen LogP contribution in [0.15, 0.2) is 24.3 Å². The highest BCUT2D eigenvalue weighted by molar-refractivity contribution is 7.15. The first-order valence-electron chi connectivity index (χ1n) is 10.6. The first kappa shape index (κ1) is 20.0. The van der Waals surface area contributed by atoms with Crippen molar-refractivity contribution in [2.45, 2.75) is 64.2 Å². The maximum absolute atomic E-state index is 12.5. The van der Waals surface area contributed by atoms with E-state index in [1.807, 2.05) is 36.1 Å². The van der Waals surface area contributed by atoms with Gasteiger partial charge in [-0.2, -0.15) is 0 Å². The molecule has 0 radical (unpaired) electrons. The molecule has 1 aromatic heterocycles. The summed E-state index contributed by atoms with van der Waals surface area (Å²) in [5.41, 5.74) is 2.09. The number of hydrogen-bond acceptors (Lipinski definition) is 5. The van der Waals surface area contributed by atoms with Gasteiger partial charge < -0.3 is 10.2 Å². The van der Waals surface area contributed by atoms with Gasteiger partial charge in [0.2, 0.25) is 16.9 Å². The molecule has 29 heavy (non-hydrogen) atoms. The van der Waals surface area contributed by atoms with E-state index in [0.29, 0.717) is 30.4 Å². The molecule has 1 N–H and O–H groups in total. The summed E-state index contributed by atoms with van der Waals surface area (Å²) in [6.07, 6.45) is 8.37. The molecule has 2 fully saturated rings. The van der Waals surface area contributed by atoms with Crippen LogP contribution in [0.2, 0.25) is 0 Å². The lowest BCUT2D eigenvalue weighted by molar-refractivity contribution is -0.117. The van der Waals surface area contributed by atoms with Gasteiger partial charge in [-0.15, -0.1) is 10.2 Å². The van der Waals surface area contributed by atoms with Gasteiger partial charge in [0.1, 0.15) is 5.01 Å². The zero-order chi connectivity index (χ0) is 20.2. The minimum atomic E-state index is 0.0158. The van der Waals surface area contributed by atoms with E-state index in [-0.39, 0.29) is 17.7 Å². The summed E-state index contributed by atoms with van der Waals surface area (Å²) in [5.74, 6) is 0.833. The molecular formula is C22H28N4O2S. The lowest BCUT2D eigenvalue weighted by Crippen LogP contribution is -2.24.